The summed E-state index contributed by atoms with van der Waals surface area (Å²) in [7, 11) is 0. The van der Waals surface area contributed by atoms with E-state index in [1.807, 2.05) is 18.5 Å². The van der Waals surface area contributed by atoms with Gasteiger partial charge in [0.25, 0.3) is 0 Å². The molecule has 2 aliphatic heterocycles. The van der Waals surface area contributed by atoms with Gasteiger partial charge in [-0.2, -0.15) is 0 Å². The number of hydrogen-bond acceptors (Lipinski definition) is 3. The molecule has 0 amide bonds. The van der Waals surface area contributed by atoms with Crippen LogP contribution >= 0.6 is 0 Å². The van der Waals surface area contributed by atoms with E-state index in [0.717, 1.165) is 6.54 Å². The molecule has 1 unspecified atom stereocenters. The Morgan fingerprint density at radius 1 is 1.31 bits per heavy atom. The largest absolute Gasteiger partial charge is 0.368 e. The van der Waals surface area contributed by atoms with Crippen molar-refractivity contribution in [1.29, 1.82) is 0 Å². The van der Waals surface area contributed by atoms with Crippen LogP contribution in [-0.2, 0) is 0 Å². The average Bonchev–Trinajstić information content (AvgIpc) is 2.78. The van der Waals surface area contributed by atoms with Gasteiger partial charge in [0.1, 0.15) is 0 Å². The highest BCUT2D eigenvalue weighted by Crippen LogP contribution is 2.31. The molecule has 2 aliphatic rings. The summed E-state index contributed by atoms with van der Waals surface area (Å²) in [4.78, 5) is 6.69. The number of nitrogens with zero attached hydrogens (tertiary/aromatic N) is 2. The fraction of sp³-hybridized carbons (Fsp3) is 0.615. The molecule has 0 aromatic carbocycles. The van der Waals surface area contributed by atoms with Crippen LogP contribution in [0.3, 0.4) is 0 Å². The van der Waals surface area contributed by atoms with Gasteiger partial charge in [-0.15, -0.1) is 0 Å². The Morgan fingerprint density at radius 3 is 3.00 bits per heavy atom. The van der Waals surface area contributed by atoms with Gasteiger partial charge in [-0.25, -0.2) is 0 Å². The van der Waals surface area contributed by atoms with Crippen molar-refractivity contribution < 1.29 is 0 Å². The van der Waals surface area contributed by atoms with E-state index in [0.29, 0.717) is 5.54 Å². The Kier molecular flexibility index (Phi) is 2.56. The van der Waals surface area contributed by atoms with Gasteiger partial charge in [-0.05, 0) is 44.4 Å². The van der Waals surface area contributed by atoms with Crippen LogP contribution < -0.4 is 10.2 Å². The van der Waals surface area contributed by atoms with Crippen LogP contribution in [0.2, 0.25) is 0 Å². The fourth-order valence-electron chi connectivity index (χ4n) is 3.11. The minimum atomic E-state index is 0.397. The lowest BCUT2D eigenvalue weighted by Gasteiger charge is -2.41. The first kappa shape index (κ1) is 10.1. The zero-order chi connectivity index (χ0) is 10.8. The third-order valence-electron chi connectivity index (χ3n) is 3.92. The molecule has 2 saturated heterocycles. The predicted octanol–water partition coefficient (Wildman–Crippen LogP) is 1.80. The second kappa shape index (κ2) is 4.06. The summed E-state index contributed by atoms with van der Waals surface area (Å²) in [6, 6.07) is 4.19. The molecular formula is C13H19N3. The number of piperidine rings is 1. The van der Waals surface area contributed by atoms with Gasteiger partial charge in [-0.1, -0.05) is 0 Å². The van der Waals surface area contributed by atoms with Crippen LogP contribution in [0.25, 0.3) is 0 Å². The van der Waals surface area contributed by atoms with Gasteiger partial charge in [0.2, 0.25) is 0 Å². The van der Waals surface area contributed by atoms with Gasteiger partial charge in [0.05, 0.1) is 11.9 Å². The van der Waals surface area contributed by atoms with E-state index in [1.54, 1.807) is 0 Å². The minimum Gasteiger partial charge on any atom is -0.368 e. The SMILES string of the molecule is c1cncc(N2CCCC3(CCCN3)C2)c1. The second-order valence-corrected chi connectivity index (χ2v) is 5.05. The van der Waals surface area contributed by atoms with Crippen molar-refractivity contribution in [2.75, 3.05) is 24.5 Å². The molecule has 2 fully saturated rings. The summed E-state index contributed by atoms with van der Waals surface area (Å²) in [5.41, 5.74) is 1.67. The van der Waals surface area contributed by atoms with E-state index in [2.05, 4.69) is 21.3 Å². The van der Waals surface area contributed by atoms with Crippen LogP contribution in [0.15, 0.2) is 24.5 Å². The maximum absolute atomic E-state index is 4.21. The Labute approximate surface area is 96.9 Å². The molecule has 3 rings (SSSR count). The van der Waals surface area contributed by atoms with Gasteiger partial charge >= 0.3 is 0 Å². The standard InChI is InChI=1S/C13H19N3/c1-4-12(10-14-7-1)16-9-3-6-13(11-16)5-2-8-15-13/h1,4,7,10,15H,2-3,5-6,8-9,11H2. The predicted molar refractivity (Wildman–Crippen MR) is 65.7 cm³/mol. The first-order chi connectivity index (χ1) is 7.88. The molecule has 1 aromatic heterocycles. The summed E-state index contributed by atoms with van der Waals surface area (Å²) in [5, 5.41) is 3.71. The van der Waals surface area contributed by atoms with Crippen LogP contribution in [-0.4, -0.2) is 30.2 Å². The zero-order valence-corrected chi connectivity index (χ0v) is 9.65. The van der Waals surface area contributed by atoms with Gasteiger partial charge in [-0.3, -0.25) is 4.98 Å². The molecule has 1 atom stereocenters. The smallest absolute Gasteiger partial charge is 0.0553 e. The minimum absolute atomic E-state index is 0.397. The number of nitrogens with one attached hydrogen (secondary N) is 1. The van der Waals surface area contributed by atoms with Crippen LogP contribution in [0.5, 0.6) is 0 Å². The first-order valence-corrected chi connectivity index (χ1v) is 6.28. The Bertz CT molecular complexity index is 343. The third-order valence-corrected chi connectivity index (χ3v) is 3.92. The lowest BCUT2D eigenvalue weighted by Crippen LogP contribution is -2.53. The van der Waals surface area contributed by atoms with Gasteiger partial charge in [0.15, 0.2) is 0 Å². The number of pyridine rings is 1. The molecular weight excluding hydrogens is 198 g/mol. The van der Waals surface area contributed by atoms with Crippen molar-refractivity contribution in [1.82, 2.24) is 10.3 Å². The highest BCUT2D eigenvalue weighted by Gasteiger charge is 2.37. The highest BCUT2D eigenvalue weighted by molar-refractivity contribution is 5.45. The van der Waals surface area contributed by atoms with Crippen molar-refractivity contribution in [3.63, 3.8) is 0 Å². The lowest BCUT2D eigenvalue weighted by molar-refractivity contribution is 0.308. The van der Waals surface area contributed by atoms with E-state index < -0.39 is 0 Å². The summed E-state index contributed by atoms with van der Waals surface area (Å²) in [6.07, 6.45) is 9.13. The number of rotatable bonds is 1. The van der Waals surface area contributed by atoms with E-state index in [4.69, 9.17) is 0 Å². The molecule has 86 valence electrons. The zero-order valence-electron chi connectivity index (χ0n) is 9.65. The summed E-state index contributed by atoms with van der Waals surface area (Å²) in [5.74, 6) is 0. The quantitative estimate of drug-likeness (QED) is 0.777. The van der Waals surface area contributed by atoms with Gasteiger partial charge < -0.3 is 10.2 Å². The first-order valence-electron chi connectivity index (χ1n) is 6.28. The van der Waals surface area contributed by atoms with E-state index in [9.17, 15) is 0 Å². The topological polar surface area (TPSA) is 28.2 Å². The molecule has 0 bridgehead atoms. The Hall–Kier alpha value is -1.09. The highest BCUT2D eigenvalue weighted by atomic mass is 15.2. The van der Waals surface area contributed by atoms with E-state index in [-0.39, 0.29) is 0 Å². The molecule has 1 aromatic rings. The molecule has 3 nitrogen and oxygen atoms in total. The Morgan fingerprint density at radius 2 is 2.25 bits per heavy atom. The monoisotopic (exact) mass is 217 g/mol. The average molecular weight is 217 g/mol. The molecule has 3 heterocycles. The molecule has 16 heavy (non-hydrogen) atoms. The van der Waals surface area contributed by atoms with Gasteiger partial charge in [0, 0.05) is 24.8 Å². The van der Waals surface area contributed by atoms with Crippen molar-refractivity contribution in [3.05, 3.63) is 24.5 Å². The molecule has 0 saturated carbocycles. The second-order valence-electron chi connectivity index (χ2n) is 5.05. The van der Waals surface area contributed by atoms with Crippen molar-refractivity contribution in [2.24, 2.45) is 0 Å². The number of hydrogen-bond donors (Lipinski definition) is 1. The fourth-order valence-corrected chi connectivity index (χ4v) is 3.11. The van der Waals surface area contributed by atoms with Crippen LogP contribution in [0, 0.1) is 0 Å². The number of anilines is 1. The Balaban J connectivity index is 1.77. The molecule has 0 aliphatic carbocycles. The van der Waals surface area contributed by atoms with E-state index in [1.165, 1.54) is 44.5 Å². The molecule has 3 heteroatoms. The van der Waals surface area contributed by atoms with E-state index >= 15 is 0 Å². The summed E-state index contributed by atoms with van der Waals surface area (Å²) >= 11 is 0. The maximum atomic E-state index is 4.21. The van der Waals surface area contributed by atoms with Crippen molar-refractivity contribution >= 4 is 5.69 Å². The summed E-state index contributed by atoms with van der Waals surface area (Å²) < 4.78 is 0. The maximum Gasteiger partial charge on any atom is 0.0553 e. The lowest BCUT2D eigenvalue weighted by atomic mass is 9.87. The third kappa shape index (κ3) is 1.80. The summed E-state index contributed by atoms with van der Waals surface area (Å²) in [6.45, 7) is 3.52. The van der Waals surface area contributed by atoms with Crippen molar-refractivity contribution in [2.45, 2.75) is 31.2 Å². The molecule has 0 radical (unpaired) electrons. The number of aromatic nitrogens is 1. The normalized spacial score (nSPS) is 29.9. The van der Waals surface area contributed by atoms with Crippen LogP contribution in [0.1, 0.15) is 25.7 Å². The molecule has 1 N–H and O–H groups in total. The van der Waals surface area contributed by atoms with Crippen LogP contribution in [0.4, 0.5) is 5.69 Å². The molecule has 1 spiro atoms. The van der Waals surface area contributed by atoms with Crippen molar-refractivity contribution in [3.8, 4) is 0 Å².